The standard InChI is InChI=1S/C18H21NO/c1-13-17(20)12-16(14-8-4-2-5-9-14)19-18(13)15-10-6-3-7-11-15/h2-11,13,16-20H,12H2,1H3/t13-,16+,17-,18-/m0/s1. The lowest BCUT2D eigenvalue weighted by Gasteiger charge is -2.39. The monoisotopic (exact) mass is 267 g/mol. The molecule has 3 rings (SSSR count). The van der Waals surface area contributed by atoms with Gasteiger partial charge in [0, 0.05) is 18.0 Å². The number of piperidine rings is 1. The highest BCUT2D eigenvalue weighted by molar-refractivity contribution is 5.25. The van der Waals surface area contributed by atoms with Gasteiger partial charge in [0.05, 0.1) is 6.10 Å². The van der Waals surface area contributed by atoms with E-state index in [2.05, 4.69) is 60.8 Å². The van der Waals surface area contributed by atoms with E-state index in [9.17, 15) is 5.11 Å². The molecule has 104 valence electrons. The van der Waals surface area contributed by atoms with E-state index in [1.807, 2.05) is 12.1 Å². The molecule has 1 saturated heterocycles. The second-order valence-corrected chi connectivity index (χ2v) is 5.68. The average molecular weight is 267 g/mol. The first-order valence-electron chi connectivity index (χ1n) is 7.29. The van der Waals surface area contributed by atoms with Crippen LogP contribution in [0, 0.1) is 5.92 Å². The number of hydrogen-bond donors (Lipinski definition) is 2. The van der Waals surface area contributed by atoms with Gasteiger partial charge in [-0.15, -0.1) is 0 Å². The molecule has 0 radical (unpaired) electrons. The van der Waals surface area contributed by atoms with Gasteiger partial charge in [-0.1, -0.05) is 67.6 Å². The molecule has 1 fully saturated rings. The van der Waals surface area contributed by atoms with Crippen molar-refractivity contribution in [2.45, 2.75) is 31.5 Å². The lowest BCUT2D eigenvalue weighted by atomic mass is 9.81. The molecule has 1 heterocycles. The maximum atomic E-state index is 10.4. The molecule has 0 aliphatic carbocycles. The van der Waals surface area contributed by atoms with Crippen LogP contribution < -0.4 is 5.32 Å². The Balaban J connectivity index is 1.87. The van der Waals surface area contributed by atoms with Crippen molar-refractivity contribution in [2.75, 3.05) is 0 Å². The molecule has 2 N–H and O–H groups in total. The zero-order valence-corrected chi connectivity index (χ0v) is 11.7. The van der Waals surface area contributed by atoms with Gasteiger partial charge in [0.25, 0.3) is 0 Å². The molecular formula is C18H21NO. The SMILES string of the molecule is C[C@@H]1[C@@H](c2ccccc2)N[C@@H](c2ccccc2)C[C@@H]1O. The van der Waals surface area contributed by atoms with Crippen molar-refractivity contribution < 1.29 is 5.11 Å². The van der Waals surface area contributed by atoms with E-state index in [1.165, 1.54) is 11.1 Å². The van der Waals surface area contributed by atoms with Gasteiger partial charge in [-0.25, -0.2) is 0 Å². The summed E-state index contributed by atoms with van der Waals surface area (Å²) in [4.78, 5) is 0. The topological polar surface area (TPSA) is 32.3 Å². The van der Waals surface area contributed by atoms with E-state index < -0.39 is 0 Å². The molecule has 20 heavy (non-hydrogen) atoms. The van der Waals surface area contributed by atoms with Crippen molar-refractivity contribution in [2.24, 2.45) is 5.92 Å². The molecule has 1 aliphatic rings. The second-order valence-electron chi connectivity index (χ2n) is 5.68. The Kier molecular flexibility index (Phi) is 3.86. The molecule has 2 aromatic carbocycles. The Morgan fingerprint density at radius 1 is 0.900 bits per heavy atom. The number of rotatable bonds is 2. The minimum absolute atomic E-state index is 0.199. The van der Waals surface area contributed by atoms with E-state index in [0.29, 0.717) is 0 Å². The molecule has 0 amide bonds. The molecule has 0 spiro atoms. The highest BCUT2D eigenvalue weighted by atomic mass is 16.3. The first-order valence-corrected chi connectivity index (χ1v) is 7.29. The Bertz CT molecular complexity index is 540. The molecular weight excluding hydrogens is 246 g/mol. The lowest BCUT2D eigenvalue weighted by molar-refractivity contribution is 0.0402. The average Bonchev–Trinajstić information content (AvgIpc) is 2.51. The number of hydrogen-bond acceptors (Lipinski definition) is 2. The van der Waals surface area contributed by atoms with Gasteiger partial charge >= 0.3 is 0 Å². The van der Waals surface area contributed by atoms with E-state index in [0.717, 1.165) is 6.42 Å². The normalized spacial score (nSPS) is 30.1. The summed E-state index contributed by atoms with van der Waals surface area (Å²) in [5.41, 5.74) is 2.50. The van der Waals surface area contributed by atoms with Gasteiger partial charge in [0.1, 0.15) is 0 Å². The maximum absolute atomic E-state index is 10.4. The number of benzene rings is 2. The zero-order valence-electron chi connectivity index (χ0n) is 11.7. The second kappa shape index (κ2) is 5.78. The Hall–Kier alpha value is -1.64. The van der Waals surface area contributed by atoms with Crippen molar-refractivity contribution in [3.8, 4) is 0 Å². The molecule has 0 unspecified atom stereocenters. The van der Waals surface area contributed by atoms with Gasteiger partial charge in [0.2, 0.25) is 0 Å². The summed E-state index contributed by atoms with van der Waals surface area (Å²) in [6.45, 7) is 2.12. The van der Waals surface area contributed by atoms with Gasteiger partial charge < -0.3 is 10.4 Å². The van der Waals surface area contributed by atoms with Crippen LogP contribution in [0.15, 0.2) is 60.7 Å². The van der Waals surface area contributed by atoms with Crippen LogP contribution in [0.1, 0.15) is 36.6 Å². The third-order valence-corrected chi connectivity index (χ3v) is 4.35. The van der Waals surface area contributed by atoms with Gasteiger partial charge in [-0.2, -0.15) is 0 Å². The van der Waals surface area contributed by atoms with Gasteiger partial charge in [-0.05, 0) is 17.5 Å². The van der Waals surface area contributed by atoms with E-state index in [-0.39, 0.29) is 24.1 Å². The number of aliphatic hydroxyl groups is 1. The third kappa shape index (κ3) is 2.62. The van der Waals surface area contributed by atoms with E-state index in [1.54, 1.807) is 0 Å². The van der Waals surface area contributed by atoms with Crippen LogP contribution in [-0.4, -0.2) is 11.2 Å². The van der Waals surface area contributed by atoms with Crippen molar-refractivity contribution in [3.63, 3.8) is 0 Å². The predicted molar refractivity (Wildman–Crippen MR) is 81.3 cm³/mol. The van der Waals surface area contributed by atoms with Crippen LogP contribution in [-0.2, 0) is 0 Å². The molecule has 0 saturated carbocycles. The summed E-state index contributed by atoms with van der Waals surface area (Å²) < 4.78 is 0. The molecule has 2 aromatic rings. The van der Waals surface area contributed by atoms with Crippen LogP contribution in [0.25, 0.3) is 0 Å². The fourth-order valence-corrected chi connectivity index (χ4v) is 3.09. The Morgan fingerprint density at radius 3 is 2.05 bits per heavy atom. The molecule has 1 aliphatic heterocycles. The van der Waals surface area contributed by atoms with Crippen molar-refractivity contribution in [1.82, 2.24) is 5.32 Å². The van der Waals surface area contributed by atoms with Gasteiger partial charge in [0.15, 0.2) is 0 Å². The lowest BCUT2D eigenvalue weighted by Crippen LogP contribution is -2.43. The van der Waals surface area contributed by atoms with Gasteiger partial charge in [-0.3, -0.25) is 0 Å². The minimum atomic E-state index is -0.272. The van der Waals surface area contributed by atoms with Crippen LogP contribution in [0.5, 0.6) is 0 Å². The maximum Gasteiger partial charge on any atom is 0.0602 e. The quantitative estimate of drug-likeness (QED) is 0.873. The van der Waals surface area contributed by atoms with Crippen molar-refractivity contribution >= 4 is 0 Å². The molecule has 4 atom stereocenters. The summed E-state index contributed by atoms with van der Waals surface area (Å²) >= 11 is 0. The van der Waals surface area contributed by atoms with E-state index >= 15 is 0 Å². The smallest absolute Gasteiger partial charge is 0.0602 e. The van der Waals surface area contributed by atoms with Crippen LogP contribution in [0.2, 0.25) is 0 Å². The molecule has 2 heteroatoms. The highest BCUT2D eigenvalue weighted by Gasteiger charge is 2.34. The summed E-state index contributed by atoms with van der Waals surface area (Å²) in [7, 11) is 0. The first kappa shape index (κ1) is 13.3. The number of aliphatic hydroxyl groups excluding tert-OH is 1. The molecule has 0 bridgehead atoms. The number of nitrogens with one attached hydrogen (secondary N) is 1. The predicted octanol–water partition coefficient (Wildman–Crippen LogP) is 3.46. The largest absolute Gasteiger partial charge is 0.393 e. The fourth-order valence-electron chi connectivity index (χ4n) is 3.09. The van der Waals surface area contributed by atoms with Crippen LogP contribution >= 0.6 is 0 Å². The molecule has 2 nitrogen and oxygen atoms in total. The van der Waals surface area contributed by atoms with Crippen molar-refractivity contribution in [3.05, 3.63) is 71.8 Å². The first-order chi connectivity index (χ1) is 9.75. The highest BCUT2D eigenvalue weighted by Crippen LogP contribution is 2.36. The zero-order chi connectivity index (χ0) is 13.9. The van der Waals surface area contributed by atoms with E-state index in [4.69, 9.17) is 0 Å². The van der Waals surface area contributed by atoms with Crippen LogP contribution in [0.3, 0.4) is 0 Å². The summed E-state index contributed by atoms with van der Waals surface area (Å²) in [6, 6.07) is 21.2. The third-order valence-electron chi connectivity index (χ3n) is 4.35. The summed E-state index contributed by atoms with van der Waals surface area (Å²) in [6.07, 6.45) is 0.501. The Morgan fingerprint density at radius 2 is 1.45 bits per heavy atom. The molecule has 0 aromatic heterocycles. The van der Waals surface area contributed by atoms with Crippen LogP contribution in [0.4, 0.5) is 0 Å². The fraction of sp³-hybridized carbons (Fsp3) is 0.333. The summed E-state index contributed by atoms with van der Waals surface area (Å²) in [5, 5.41) is 14.1. The summed E-state index contributed by atoms with van der Waals surface area (Å²) in [5.74, 6) is 0.220. The minimum Gasteiger partial charge on any atom is -0.393 e. The van der Waals surface area contributed by atoms with Crippen molar-refractivity contribution in [1.29, 1.82) is 0 Å². The Labute approximate surface area is 120 Å².